The van der Waals surface area contributed by atoms with Crippen LogP contribution in [0.15, 0.2) is 42.5 Å². The standard InChI is InChI=1S/C28H27FN4O4/c1-37-24-4-2-3-22-21(24)13-23(33-22)26(34)20-7-5-15-11-17(29)6-8-19(15)25(20)28(36)32-18(14-30)12-16-9-10-31-27(16)35/h2-4,6,8,11,13,16,18,20,25,33H,5,7,9-10,12H2,1H3,(H,31,35)(H,32,36)/t16-,18-,20?,25?/m0/s1. The number of aryl methyl sites for hydroxylation is 1. The maximum Gasteiger partial charge on any atom is 0.229 e. The first kappa shape index (κ1) is 24.5. The van der Waals surface area contributed by atoms with Crippen LogP contribution in [0.1, 0.15) is 46.8 Å². The van der Waals surface area contributed by atoms with Crippen molar-refractivity contribution in [3.63, 3.8) is 0 Å². The van der Waals surface area contributed by atoms with Crippen LogP contribution in [0, 0.1) is 29.0 Å². The Labute approximate surface area is 213 Å². The molecule has 0 spiro atoms. The van der Waals surface area contributed by atoms with Gasteiger partial charge in [0.1, 0.15) is 17.6 Å². The first-order chi connectivity index (χ1) is 17.9. The number of rotatable bonds is 7. The number of ketones is 1. The van der Waals surface area contributed by atoms with Crippen LogP contribution in [0.2, 0.25) is 0 Å². The Balaban J connectivity index is 1.46. The van der Waals surface area contributed by atoms with E-state index in [1.165, 1.54) is 12.1 Å². The average molecular weight is 503 g/mol. The summed E-state index contributed by atoms with van der Waals surface area (Å²) in [5, 5.41) is 16.0. The first-order valence-corrected chi connectivity index (χ1v) is 12.4. The number of aromatic amines is 1. The van der Waals surface area contributed by atoms with Crippen LogP contribution < -0.4 is 15.4 Å². The van der Waals surface area contributed by atoms with Gasteiger partial charge in [-0.3, -0.25) is 14.4 Å². The highest BCUT2D eigenvalue weighted by molar-refractivity contribution is 6.05. The zero-order chi connectivity index (χ0) is 26.1. The van der Waals surface area contributed by atoms with Crippen LogP contribution >= 0.6 is 0 Å². The molecule has 9 heteroatoms. The van der Waals surface area contributed by atoms with E-state index in [4.69, 9.17) is 4.74 Å². The molecule has 0 radical (unpaired) electrons. The normalized spacial score (nSPS) is 21.5. The smallest absolute Gasteiger partial charge is 0.229 e. The minimum absolute atomic E-state index is 0.129. The van der Waals surface area contributed by atoms with Gasteiger partial charge in [0.05, 0.1) is 24.8 Å². The van der Waals surface area contributed by atoms with Crippen LogP contribution in [0.3, 0.4) is 0 Å². The Morgan fingerprint density at radius 1 is 1.24 bits per heavy atom. The van der Waals surface area contributed by atoms with Crippen molar-refractivity contribution in [2.45, 2.75) is 37.6 Å². The molecule has 37 heavy (non-hydrogen) atoms. The van der Waals surface area contributed by atoms with Gasteiger partial charge in [-0.25, -0.2) is 4.39 Å². The third-order valence-electron chi connectivity index (χ3n) is 7.45. The lowest BCUT2D eigenvalue weighted by molar-refractivity contribution is -0.125. The second-order valence-electron chi connectivity index (χ2n) is 9.64. The SMILES string of the molecule is COc1cccc2[nH]c(C(=O)C3CCc4cc(F)ccc4C3C(=O)N[C@H](C#N)C[C@@H]3CCNC3=O)cc12. The number of carbonyl (C=O) groups is 3. The monoisotopic (exact) mass is 502 g/mol. The number of amides is 2. The van der Waals surface area contributed by atoms with E-state index in [-0.39, 0.29) is 24.0 Å². The third kappa shape index (κ3) is 4.67. The second kappa shape index (κ2) is 10.1. The Kier molecular flexibility index (Phi) is 6.66. The van der Waals surface area contributed by atoms with E-state index in [1.807, 2.05) is 12.1 Å². The van der Waals surface area contributed by atoms with Crippen LogP contribution in [-0.4, -0.2) is 42.3 Å². The fourth-order valence-electron chi connectivity index (χ4n) is 5.59. The molecule has 2 aliphatic rings. The summed E-state index contributed by atoms with van der Waals surface area (Å²) in [6, 6.07) is 12.6. The van der Waals surface area contributed by atoms with Crippen molar-refractivity contribution >= 4 is 28.5 Å². The number of methoxy groups -OCH3 is 1. The molecule has 1 aromatic heterocycles. The number of aromatic nitrogens is 1. The van der Waals surface area contributed by atoms with Gasteiger partial charge in [-0.1, -0.05) is 12.1 Å². The van der Waals surface area contributed by atoms with Gasteiger partial charge in [0.25, 0.3) is 0 Å². The Morgan fingerprint density at radius 2 is 2.08 bits per heavy atom. The van der Waals surface area contributed by atoms with Gasteiger partial charge in [0.15, 0.2) is 5.78 Å². The van der Waals surface area contributed by atoms with Crippen LogP contribution in [-0.2, 0) is 16.0 Å². The lowest BCUT2D eigenvalue weighted by Gasteiger charge is -2.32. The number of hydrogen-bond donors (Lipinski definition) is 3. The zero-order valence-corrected chi connectivity index (χ0v) is 20.3. The maximum atomic E-state index is 14.0. The summed E-state index contributed by atoms with van der Waals surface area (Å²) in [5.41, 5.74) is 2.34. The Bertz CT molecular complexity index is 1430. The number of nitriles is 1. The number of benzene rings is 2. The summed E-state index contributed by atoms with van der Waals surface area (Å²) in [7, 11) is 1.56. The van der Waals surface area contributed by atoms with E-state index in [2.05, 4.69) is 21.7 Å². The molecule has 2 unspecified atom stereocenters. The molecule has 8 nitrogen and oxygen atoms in total. The van der Waals surface area contributed by atoms with Crippen molar-refractivity contribution in [1.82, 2.24) is 15.6 Å². The molecule has 3 N–H and O–H groups in total. The van der Waals surface area contributed by atoms with Crippen LogP contribution in [0.25, 0.3) is 10.9 Å². The number of ether oxygens (including phenoxy) is 1. The number of hydrogen-bond acceptors (Lipinski definition) is 5. The molecule has 4 atom stereocenters. The highest BCUT2D eigenvalue weighted by Crippen LogP contribution is 2.39. The fourth-order valence-corrected chi connectivity index (χ4v) is 5.59. The number of H-pyrrole nitrogens is 1. The van der Waals surface area contributed by atoms with E-state index in [1.54, 1.807) is 25.3 Å². The number of nitrogens with zero attached hydrogens (tertiary/aromatic N) is 1. The summed E-state index contributed by atoms with van der Waals surface area (Å²) < 4.78 is 19.4. The summed E-state index contributed by atoms with van der Waals surface area (Å²) in [4.78, 5) is 42.6. The topological polar surface area (TPSA) is 124 Å². The molecular formula is C28H27FN4O4. The third-order valence-corrected chi connectivity index (χ3v) is 7.45. The van der Waals surface area contributed by atoms with Crippen molar-refractivity contribution in [2.75, 3.05) is 13.7 Å². The molecule has 2 amide bonds. The molecule has 2 heterocycles. The molecule has 1 saturated heterocycles. The molecule has 1 fully saturated rings. The second-order valence-corrected chi connectivity index (χ2v) is 9.64. The van der Waals surface area contributed by atoms with Gasteiger partial charge in [-0.2, -0.15) is 5.26 Å². The molecular weight excluding hydrogens is 475 g/mol. The van der Waals surface area contributed by atoms with Gasteiger partial charge < -0.3 is 20.4 Å². The minimum atomic E-state index is -0.904. The van der Waals surface area contributed by atoms with Crippen LogP contribution in [0.4, 0.5) is 4.39 Å². The summed E-state index contributed by atoms with van der Waals surface area (Å²) in [6.07, 6.45) is 1.59. The molecule has 3 aromatic rings. The lowest BCUT2D eigenvalue weighted by Crippen LogP contribution is -2.44. The quantitative estimate of drug-likeness (QED) is 0.428. The number of halogens is 1. The summed E-state index contributed by atoms with van der Waals surface area (Å²) in [5.74, 6) is -2.61. The van der Waals surface area contributed by atoms with E-state index in [9.17, 15) is 24.0 Å². The molecule has 1 aliphatic carbocycles. The minimum Gasteiger partial charge on any atom is -0.496 e. The Morgan fingerprint density at radius 3 is 2.81 bits per heavy atom. The fraction of sp³-hybridized carbons (Fsp3) is 0.357. The first-order valence-electron chi connectivity index (χ1n) is 12.4. The van der Waals surface area contributed by atoms with E-state index >= 15 is 0 Å². The largest absolute Gasteiger partial charge is 0.496 e. The van der Waals surface area contributed by atoms with E-state index < -0.39 is 29.6 Å². The van der Waals surface area contributed by atoms with Gasteiger partial charge in [0, 0.05) is 29.3 Å². The zero-order valence-electron chi connectivity index (χ0n) is 20.3. The van der Waals surface area contributed by atoms with Crippen molar-refractivity contribution in [3.05, 3.63) is 65.1 Å². The van der Waals surface area contributed by atoms with E-state index in [0.29, 0.717) is 48.4 Å². The molecule has 190 valence electrons. The summed E-state index contributed by atoms with van der Waals surface area (Å²) >= 11 is 0. The Hall–Kier alpha value is -4.19. The molecule has 2 aromatic carbocycles. The van der Waals surface area contributed by atoms with Gasteiger partial charge in [-0.05, 0) is 67.1 Å². The number of fused-ring (bicyclic) bond motifs is 2. The highest BCUT2D eigenvalue weighted by Gasteiger charge is 2.41. The molecule has 5 rings (SSSR count). The number of nitrogens with one attached hydrogen (secondary N) is 3. The van der Waals surface area contributed by atoms with E-state index in [0.717, 1.165) is 10.9 Å². The number of carbonyl (C=O) groups excluding carboxylic acids is 3. The van der Waals surface area contributed by atoms with Gasteiger partial charge in [0.2, 0.25) is 11.8 Å². The maximum absolute atomic E-state index is 14.0. The predicted octanol–water partition coefficient (Wildman–Crippen LogP) is 3.38. The molecule has 0 saturated carbocycles. The van der Waals surface area contributed by atoms with Crippen molar-refractivity contribution < 1.29 is 23.5 Å². The van der Waals surface area contributed by atoms with Crippen LogP contribution in [0.5, 0.6) is 5.75 Å². The molecule has 0 bridgehead atoms. The molecule has 1 aliphatic heterocycles. The van der Waals surface area contributed by atoms with Gasteiger partial charge >= 0.3 is 0 Å². The average Bonchev–Trinajstić information content (AvgIpc) is 3.52. The lowest BCUT2D eigenvalue weighted by atomic mass is 9.72. The van der Waals surface area contributed by atoms with Crippen molar-refractivity contribution in [2.24, 2.45) is 11.8 Å². The number of Topliss-reactive ketones (excluding diaryl/α,β-unsaturated/α-hetero) is 1. The predicted molar refractivity (Wildman–Crippen MR) is 133 cm³/mol. The van der Waals surface area contributed by atoms with Gasteiger partial charge in [-0.15, -0.1) is 0 Å². The summed E-state index contributed by atoms with van der Waals surface area (Å²) in [6.45, 7) is 0.545. The highest BCUT2D eigenvalue weighted by atomic mass is 19.1. The van der Waals surface area contributed by atoms with Crippen molar-refractivity contribution in [3.8, 4) is 11.8 Å². The van der Waals surface area contributed by atoms with Crippen molar-refractivity contribution in [1.29, 1.82) is 5.26 Å².